The Labute approximate surface area is 177 Å². The zero-order chi connectivity index (χ0) is 21.5. The van der Waals surface area contributed by atoms with E-state index in [2.05, 4.69) is 27.3 Å². The van der Waals surface area contributed by atoms with Crippen molar-refractivity contribution in [2.75, 3.05) is 13.7 Å². The summed E-state index contributed by atoms with van der Waals surface area (Å²) in [6, 6.07) is 10.4. The largest absolute Gasteiger partial charge is 0.494 e. The Balaban J connectivity index is 1.65. The van der Waals surface area contributed by atoms with Gasteiger partial charge in [0.25, 0.3) is 0 Å². The van der Waals surface area contributed by atoms with Gasteiger partial charge in [-0.25, -0.2) is 4.79 Å². The molecule has 0 aliphatic heterocycles. The summed E-state index contributed by atoms with van der Waals surface area (Å²) in [6.07, 6.45) is 4.38. The highest BCUT2D eigenvalue weighted by molar-refractivity contribution is 5.65. The maximum atomic E-state index is 11.1. The monoisotopic (exact) mass is 410 g/mol. The number of rotatable bonds is 7. The van der Waals surface area contributed by atoms with Crippen molar-refractivity contribution in [3.63, 3.8) is 0 Å². The van der Waals surface area contributed by atoms with Crippen molar-refractivity contribution >= 4 is 6.09 Å². The third-order valence-corrected chi connectivity index (χ3v) is 5.61. The molecule has 1 heterocycles. The molecule has 160 valence electrons. The summed E-state index contributed by atoms with van der Waals surface area (Å²) < 4.78 is 5.77. The summed E-state index contributed by atoms with van der Waals surface area (Å²) in [5, 5.41) is 18.1. The van der Waals surface area contributed by atoms with Gasteiger partial charge in [0.2, 0.25) is 0 Å². The summed E-state index contributed by atoms with van der Waals surface area (Å²) in [4.78, 5) is 16.9. The van der Waals surface area contributed by atoms with E-state index in [4.69, 9.17) is 9.84 Å². The zero-order valence-electron chi connectivity index (χ0n) is 17.9. The van der Waals surface area contributed by atoms with Crippen LogP contribution in [0.1, 0.15) is 43.9 Å². The average Bonchev–Trinajstić information content (AvgIpc) is 2.75. The number of aromatic nitrogens is 1. The Hall–Kier alpha value is -2.96. The average molecular weight is 411 g/mol. The predicted molar refractivity (Wildman–Crippen MR) is 116 cm³/mol. The minimum Gasteiger partial charge on any atom is -0.494 e. The van der Waals surface area contributed by atoms with Gasteiger partial charge in [0.05, 0.1) is 19.2 Å². The molecule has 1 aliphatic carbocycles. The molecule has 0 saturated heterocycles. The Morgan fingerprint density at radius 3 is 2.57 bits per heavy atom. The van der Waals surface area contributed by atoms with Crippen molar-refractivity contribution in [3.05, 3.63) is 47.8 Å². The smallest absolute Gasteiger partial charge is 0.407 e. The van der Waals surface area contributed by atoms with Crippen molar-refractivity contribution in [1.29, 1.82) is 0 Å². The van der Waals surface area contributed by atoms with Crippen LogP contribution in [0, 0.1) is 6.92 Å². The van der Waals surface area contributed by atoms with Crippen LogP contribution in [-0.4, -0.2) is 46.8 Å². The van der Waals surface area contributed by atoms with Crippen LogP contribution in [0.5, 0.6) is 5.75 Å². The van der Waals surface area contributed by atoms with Gasteiger partial charge in [-0.2, -0.15) is 10.2 Å². The van der Waals surface area contributed by atoms with Crippen LogP contribution in [0.15, 0.2) is 46.8 Å². The molecule has 2 aromatic rings. The van der Waals surface area contributed by atoms with Gasteiger partial charge < -0.3 is 14.7 Å². The fraction of sp³-hybridized carbons (Fsp3) is 0.478. The summed E-state index contributed by atoms with van der Waals surface area (Å²) in [7, 11) is 1.64. The fourth-order valence-electron chi connectivity index (χ4n) is 3.77. The lowest BCUT2D eigenvalue weighted by Crippen LogP contribution is -2.39. The molecular weight excluding hydrogens is 380 g/mol. The number of azo groups is 1. The van der Waals surface area contributed by atoms with E-state index in [1.54, 1.807) is 7.05 Å². The Morgan fingerprint density at radius 2 is 1.93 bits per heavy atom. The molecule has 7 nitrogen and oxygen atoms in total. The SMILES string of the molecule is CCOc1ccc(-c2ccc(C)nc2)cc1CN=NC1CCC(N(C)C(=O)O)CC1. The number of nitrogens with zero attached hydrogens (tertiary/aromatic N) is 4. The number of ether oxygens (including phenoxy) is 1. The number of hydrogen-bond acceptors (Lipinski definition) is 5. The van der Waals surface area contributed by atoms with Crippen LogP contribution >= 0.6 is 0 Å². The van der Waals surface area contributed by atoms with E-state index in [0.717, 1.165) is 53.8 Å². The van der Waals surface area contributed by atoms with Crippen molar-refractivity contribution in [2.45, 2.75) is 58.2 Å². The zero-order valence-corrected chi connectivity index (χ0v) is 17.9. The number of carbonyl (C=O) groups is 1. The van der Waals surface area contributed by atoms with E-state index >= 15 is 0 Å². The molecule has 0 unspecified atom stereocenters. The minimum atomic E-state index is -0.868. The molecular formula is C23H30N4O3. The third kappa shape index (κ3) is 5.55. The molecule has 0 bridgehead atoms. The fourth-order valence-corrected chi connectivity index (χ4v) is 3.77. The summed E-state index contributed by atoms with van der Waals surface area (Å²) >= 11 is 0. The number of carboxylic acid groups (broad SMARTS) is 1. The molecule has 1 N–H and O–H groups in total. The van der Waals surface area contributed by atoms with E-state index in [0.29, 0.717) is 13.2 Å². The Bertz CT molecular complexity index is 875. The first-order chi connectivity index (χ1) is 14.5. The number of hydrogen-bond donors (Lipinski definition) is 1. The first kappa shape index (κ1) is 21.7. The molecule has 3 rings (SSSR count). The summed E-state index contributed by atoms with van der Waals surface area (Å²) in [5.41, 5.74) is 4.12. The molecule has 1 amide bonds. The van der Waals surface area contributed by atoms with Gasteiger partial charge in [-0.05, 0) is 63.3 Å². The van der Waals surface area contributed by atoms with E-state index < -0.39 is 6.09 Å². The number of aryl methyl sites for hydroxylation is 1. The van der Waals surface area contributed by atoms with Crippen LogP contribution in [0.3, 0.4) is 0 Å². The van der Waals surface area contributed by atoms with Crippen LogP contribution in [0.2, 0.25) is 0 Å². The molecule has 1 aliphatic rings. The van der Waals surface area contributed by atoms with Crippen molar-refractivity contribution in [1.82, 2.24) is 9.88 Å². The van der Waals surface area contributed by atoms with E-state index in [1.165, 1.54) is 4.90 Å². The summed E-state index contributed by atoms with van der Waals surface area (Å²) in [5.74, 6) is 0.826. The topological polar surface area (TPSA) is 87.4 Å². The second-order valence-electron chi connectivity index (χ2n) is 7.71. The Morgan fingerprint density at radius 1 is 1.20 bits per heavy atom. The highest BCUT2D eigenvalue weighted by Crippen LogP contribution is 2.28. The molecule has 0 radical (unpaired) electrons. The molecule has 1 fully saturated rings. The maximum Gasteiger partial charge on any atom is 0.407 e. The highest BCUT2D eigenvalue weighted by atomic mass is 16.5. The van der Waals surface area contributed by atoms with Crippen molar-refractivity contribution < 1.29 is 14.6 Å². The maximum absolute atomic E-state index is 11.1. The molecule has 0 spiro atoms. The third-order valence-electron chi connectivity index (χ3n) is 5.61. The lowest BCUT2D eigenvalue weighted by atomic mass is 9.91. The molecule has 0 atom stereocenters. The molecule has 1 saturated carbocycles. The standard InChI is InChI=1S/C23H30N4O3/c1-4-30-22-12-7-17(18-6-5-16(2)24-14-18)13-19(22)15-25-26-20-8-10-21(11-9-20)27(3)23(28)29/h5-7,12-14,20-21H,4,8-11,15H2,1-3H3,(H,28,29). The normalized spacial score (nSPS) is 19.0. The van der Waals surface area contributed by atoms with Gasteiger partial charge in [-0.15, -0.1) is 0 Å². The number of pyridine rings is 1. The summed E-state index contributed by atoms with van der Waals surface area (Å²) in [6.45, 7) is 4.99. The minimum absolute atomic E-state index is 0.0818. The number of benzene rings is 1. The van der Waals surface area contributed by atoms with Crippen molar-refractivity contribution in [2.24, 2.45) is 10.2 Å². The second-order valence-corrected chi connectivity index (χ2v) is 7.71. The van der Waals surface area contributed by atoms with Crippen LogP contribution in [0.4, 0.5) is 4.79 Å². The molecule has 7 heteroatoms. The van der Waals surface area contributed by atoms with Crippen molar-refractivity contribution in [3.8, 4) is 16.9 Å². The van der Waals surface area contributed by atoms with E-state index in [9.17, 15) is 4.79 Å². The quantitative estimate of drug-likeness (QED) is 0.625. The lowest BCUT2D eigenvalue weighted by molar-refractivity contribution is 0.124. The van der Waals surface area contributed by atoms with Crippen LogP contribution < -0.4 is 4.74 Å². The highest BCUT2D eigenvalue weighted by Gasteiger charge is 2.26. The van der Waals surface area contributed by atoms with Gasteiger partial charge in [0.1, 0.15) is 5.75 Å². The van der Waals surface area contributed by atoms with Crippen LogP contribution in [0.25, 0.3) is 11.1 Å². The van der Waals surface area contributed by atoms with E-state index in [-0.39, 0.29) is 12.1 Å². The number of amides is 1. The molecule has 1 aromatic heterocycles. The first-order valence-corrected chi connectivity index (χ1v) is 10.5. The van der Waals surface area contributed by atoms with E-state index in [1.807, 2.05) is 38.2 Å². The lowest BCUT2D eigenvalue weighted by Gasteiger charge is -2.31. The first-order valence-electron chi connectivity index (χ1n) is 10.5. The van der Waals surface area contributed by atoms with Gasteiger partial charge in [0, 0.05) is 36.1 Å². The molecule has 30 heavy (non-hydrogen) atoms. The van der Waals surface area contributed by atoms with Gasteiger partial charge in [0.15, 0.2) is 0 Å². The Kier molecular flexibility index (Phi) is 7.38. The van der Waals surface area contributed by atoms with Gasteiger partial charge in [-0.3, -0.25) is 4.98 Å². The van der Waals surface area contributed by atoms with Gasteiger partial charge in [-0.1, -0.05) is 12.1 Å². The predicted octanol–water partition coefficient (Wildman–Crippen LogP) is 5.33. The molecule has 1 aromatic carbocycles. The second kappa shape index (κ2) is 10.2. The van der Waals surface area contributed by atoms with Crippen LogP contribution in [-0.2, 0) is 6.54 Å². The van der Waals surface area contributed by atoms with Gasteiger partial charge >= 0.3 is 6.09 Å².